The number of furan rings is 1. The smallest absolute Gasteiger partial charge is 0.371 e. The monoisotopic (exact) mass is 223 g/mol. The van der Waals surface area contributed by atoms with Crippen molar-refractivity contribution in [2.24, 2.45) is 7.05 Å². The van der Waals surface area contributed by atoms with Gasteiger partial charge in [-0.1, -0.05) is 5.10 Å². The van der Waals surface area contributed by atoms with Crippen molar-refractivity contribution < 1.29 is 14.3 Å². The summed E-state index contributed by atoms with van der Waals surface area (Å²) in [5.74, 6) is -0.201. The van der Waals surface area contributed by atoms with Crippen LogP contribution >= 0.6 is 0 Å². The van der Waals surface area contributed by atoms with E-state index < -0.39 is 5.97 Å². The van der Waals surface area contributed by atoms with Gasteiger partial charge in [0, 0.05) is 7.05 Å². The number of aryl methyl sites for hydroxylation is 1. The van der Waals surface area contributed by atoms with Crippen molar-refractivity contribution in [3.05, 3.63) is 23.7 Å². The minimum absolute atomic E-state index is 0.0899. The molecule has 0 bridgehead atoms. The number of nitrogens with zero attached hydrogens (tertiary/aromatic N) is 4. The van der Waals surface area contributed by atoms with Gasteiger partial charge in [0.25, 0.3) is 0 Å². The molecule has 0 radical (unpaired) electrons. The number of carboxylic acid groups (broad SMARTS) is 1. The van der Waals surface area contributed by atoms with Crippen molar-refractivity contribution in [2.45, 2.75) is 6.54 Å². The van der Waals surface area contributed by atoms with E-state index in [9.17, 15) is 4.79 Å². The molecule has 2 heterocycles. The molecule has 0 spiro atoms. The molecule has 84 valence electrons. The summed E-state index contributed by atoms with van der Waals surface area (Å²) in [7, 11) is 1.69. The van der Waals surface area contributed by atoms with Crippen LogP contribution in [0.1, 0.15) is 16.3 Å². The average molecular weight is 223 g/mol. The largest absolute Gasteiger partial charge is 0.475 e. The molecule has 2 N–H and O–H groups in total. The van der Waals surface area contributed by atoms with Crippen molar-refractivity contribution >= 4 is 11.9 Å². The van der Waals surface area contributed by atoms with Gasteiger partial charge in [-0.25, -0.2) is 9.48 Å². The second-order valence-electron chi connectivity index (χ2n) is 3.05. The maximum Gasteiger partial charge on any atom is 0.371 e. The number of carbonyl (C=O) groups is 1. The first-order chi connectivity index (χ1) is 7.66. The van der Waals surface area contributed by atoms with Gasteiger partial charge in [-0.05, 0) is 22.6 Å². The Hall–Kier alpha value is -2.38. The van der Waals surface area contributed by atoms with Crippen LogP contribution in [-0.2, 0) is 13.6 Å². The Kier molecular flexibility index (Phi) is 2.54. The van der Waals surface area contributed by atoms with Gasteiger partial charge in [0.1, 0.15) is 5.76 Å². The van der Waals surface area contributed by atoms with Crippen LogP contribution < -0.4 is 5.32 Å². The molecule has 8 heteroatoms. The molecular weight excluding hydrogens is 214 g/mol. The lowest BCUT2D eigenvalue weighted by Crippen LogP contribution is -2.05. The first kappa shape index (κ1) is 10.1. The molecule has 2 aromatic heterocycles. The highest BCUT2D eigenvalue weighted by Crippen LogP contribution is 2.09. The molecule has 0 aromatic carbocycles. The van der Waals surface area contributed by atoms with E-state index in [-0.39, 0.29) is 5.76 Å². The fourth-order valence-electron chi connectivity index (χ4n) is 1.13. The second-order valence-corrected chi connectivity index (χ2v) is 3.05. The summed E-state index contributed by atoms with van der Waals surface area (Å²) in [6.45, 7) is 0.321. The SMILES string of the molecule is Cn1nnnc1NCc1ccc(C(=O)O)o1. The Morgan fingerprint density at radius 1 is 1.62 bits per heavy atom. The lowest BCUT2D eigenvalue weighted by atomic mass is 10.4. The van der Waals surface area contributed by atoms with Gasteiger partial charge in [0.2, 0.25) is 11.7 Å². The molecule has 0 amide bonds. The van der Waals surface area contributed by atoms with Crippen LogP contribution in [0.4, 0.5) is 5.95 Å². The Morgan fingerprint density at radius 3 is 3.00 bits per heavy atom. The topological polar surface area (TPSA) is 106 Å². The first-order valence-corrected chi connectivity index (χ1v) is 4.45. The van der Waals surface area contributed by atoms with Gasteiger partial charge >= 0.3 is 5.97 Å². The normalized spacial score (nSPS) is 10.3. The van der Waals surface area contributed by atoms with Crippen molar-refractivity contribution in [1.82, 2.24) is 20.2 Å². The number of hydrogen-bond donors (Lipinski definition) is 2. The van der Waals surface area contributed by atoms with E-state index in [4.69, 9.17) is 9.52 Å². The molecule has 0 aliphatic heterocycles. The molecule has 0 saturated heterocycles. The van der Waals surface area contributed by atoms with Gasteiger partial charge < -0.3 is 14.8 Å². The Morgan fingerprint density at radius 2 is 2.44 bits per heavy atom. The zero-order valence-electron chi connectivity index (χ0n) is 8.41. The van der Waals surface area contributed by atoms with E-state index in [1.807, 2.05) is 0 Å². The van der Waals surface area contributed by atoms with E-state index in [0.29, 0.717) is 18.3 Å². The summed E-state index contributed by atoms with van der Waals surface area (Å²) in [5.41, 5.74) is 0. The quantitative estimate of drug-likeness (QED) is 0.757. The van der Waals surface area contributed by atoms with Crippen LogP contribution in [0.3, 0.4) is 0 Å². The minimum atomic E-state index is -1.09. The Balaban J connectivity index is 2.00. The van der Waals surface area contributed by atoms with Gasteiger partial charge in [-0.2, -0.15) is 0 Å². The molecule has 8 nitrogen and oxygen atoms in total. The lowest BCUT2D eigenvalue weighted by molar-refractivity contribution is 0.0660. The van der Waals surface area contributed by atoms with Gasteiger partial charge in [0.05, 0.1) is 6.54 Å². The van der Waals surface area contributed by atoms with Crippen molar-refractivity contribution in [1.29, 1.82) is 0 Å². The van der Waals surface area contributed by atoms with E-state index in [2.05, 4.69) is 20.8 Å². The Labute approximate surface area is 89.9 Å². The molecule has 0 aliphatic carbocycles. The number of tetrazole rings is 1. The zero-order valence-corrected chi connectivity index (χ0v) is 8.41. The molecule has 16 heavy (non-hydrogen) atoms. The van der Waals surface area contributed by atoms with Crippen LogP contribution in [0.25, 0.3) is 0 Å². The summed E-state index contributed by atoms with van der Waals surface area (Å²) < 4.78 is 6.50. The highest BCUT2D eigenvalue weighted by molar-refractivity contribution is 5.84. The van der Waals surface area contributed by atoms with Gasteiger partial charge in [-0.15, -0.1) is 0 Å². The first-order valence-electron chi connectivity index (χ1n) is 4.45. The molecule has 0 atom stereocenters. The number of nitrogens with one attached hydrogen (secondary N) is 1. The van der Waals surface area contributed by atoms with Crippen LogP contribution in [0, 0.1) is 0 Å². The third kappa shape index (κ3) is 2.00. The molecule has 2 aromatic rings. The van der Waals surface area contributed by atoms with Crippen molar-refractivity contribution in [3.63, 3.8) is 0 Å². The van der Waals surface area contributed by atoms with Gasteiger partial charge in [0.15, 0.2) is 0 Å². The molecule has 0 unspecified atom stereocenters. The Bertz CT molecular complexity index is 503. The van der Waals surface area contributed by atoms with E-state index in [0.717, 1.165) is 0 Å². The summed E-state index contributed by atoms with van der Waals surface area (Å²) in [6.07, 6.45) is 0. The van der Waals surface area contributed by atoms with Crippen LogP contribution in [0.15, 0.2) is 16.5 Å². The summed E-state index contributed by atoms with van der Waals surface area (Å²) >= 11 is 0. The highest BCUT2D eigenvalue weighted by Gasteiger charge is 2.09. The average Bonchev–Trinajstić information content (AvgIpc) is 2.83. The van der Waals surface area contributed by atoms with Gasteiger partial charge in [-0.3, -0.25) is 0 Å². The van der Waals surface area contributed by atoms with Crippen molar-refractivity contribution in [3.8, 4) is 0 Å². The maximum atomic E-state index is 10.6. The molecule has 0 fully saturated rings. The number of anilines is 1. The lowest BCUT2D eigenvalue weighted by Gasteiger charge is -2.00. The fourth-order valence-corrected chi connectivity index (χ4v) is 1.13. The van der Waals surface area contributed by atoms with Crippen LogP contribution in [0.2, 0.25) is 0 Å². The summed E-state index contributed by atoms with van der Waals surface area (Å²) in [5, 5.41) is 22.3. The number of aromatic nitrogens is 4. The summed E-state index contributed by atoms with van der Waals surface area (Å²) in [6, 6.07) is 2.98. The maximum absolute atomic E-state index is 10.6. The third-order valence-electron chi connectivity index (χ3n) is 1.91. The standard InChI is InChI=1S/C8H9N5O3/c1-13-8(10-11-12-13)9-4-5-2-3-6(16-5)7(14)15/h2-3H,4H2,1H3,(H,14,15)(H,9,10,12). The predicted molar refractivity (Wildman–Crippen MR) is 51.8 cm³/mol. The second kappa shape index (κ2) is 4.01. The number of aromatic carboxylic acids is 1. The van der Waals surface area contributed by atoms with Crippen LogP contribution in [0.5, 0.6) is 0 Å². The van der Waals surface area contributed by atoms with Crippen molar-refractivity contribution in [2.75, 3.05) is 5.32 Å². The predicted octanol–water partition coefficient (Wildman–Crippen LogP) is 0.113. The summed E-state index contributed by atoms with van der Waals surface area (Å²) in [4.78, 5) is 10.6. The molecule has 2 rings (SSSR count). The van der Waals surface area contributed by atoms with E-state index in [1.165, 1.54) is 10.7 Å². The third-order valence-corrected chi connectivity index (χ3v) is 1.91. The molecule has 0 saturated carbocycles. The fraction of sp³-hybridized carbons (Fsp3) is 0.250. The zero-order chi connectivity index (χ0) is 11.5. The van der Waals surface area contributed by atoms with E-state index in [1.54, 1.807) is 13.1 Å². The highest BCUT2D eigenvalue weighted by atomic mass is 16.4. The minimum Gasteiger partial charge on any atom is -0.475 e. The number of rotatable bonds is 4. The molecular formula is C8H9N5O3. The number of hydrogen-bond acceptors (Lipinski definition) is 6. The molecule has 0 aliphatic rings. The van der Waals surface area contributed by atoms with E-state index >= 15 is 0 Å². The van der Waals surface area contributed by atoms with Crippen LogP contribution in [-0.4, -0.2) is 31.3 Å². The number of carboxylic acids is 1.